The third-order valence-electron chi connectivity index (χ3n) is 3.43. The van der Waals surface area contributed by atoms with Crippen LogP contribution in [0.25, 0.3) is 0 Å². The number of aromatic nitrogens is 2. The molecule has 2 unspecified atom stereocenters. The van der Waals surface area contributed by atoms with E-state index in [2.05, 4.69) is 27.5 Å². The minimum atomic E-state index is 0.651. The summed E-state index contributed by atoms with van der Waals surface area (Å²) in [4.78, 5) is 0. The molecule has 4 heteroatoms. The number of hydrogen-bond donors (Lipinski definition) is 1. The molecule has 0 amide bonds. The monoisotopic (exact) mass is 223 g/mol. The Morgan fingerprint density at radius 2 is 2.47 bits per heavy atom. The molecule has 82 valence electrons. The van der Waals surface area contributed by atoms with Gasteiger partial charge in [0.25, 0.3) is 0 Å². The fourth-order valence-corrected chi connectivity index (χ4v) is 3.63. The summed E-state index contributed by atoms with van der Waals surface area (Å²) in [5, 5.41) is 7.93. The lowest BCUT2D eigenvalue weighted by Crippen LogP contribution is -2.09. The van der Waals surface area contributed by atoms with Gasteiger partial charge in [0.05, 0.1) is 12.2 Å². The molecule has 1 aromatic rings. The summed E-state index contributed by atoms with van der Waals surface area (Å²) in [6.07, 6.45) is 6.90. The average molecular weight is 223 g/mol. The topological polar surface area (TPSA) is 29.9 Å². The van der Waals surface area contributed by atoms with Crippen LogP contribution in [0.2, 0.25) is 0 Å². The zero-order valence-corrected chi connectivity index (χ0v) is 9.67. The van der Waals surface area contributed by atoms with E-state index in [1.807, 2.05) is 11.8 Å². The molecule has 2 atom stereocenters. The van der Waals surface area contributed by atoms with Gasteiger partial charge < -0.3 is 5.32 Å². The second-order valence-corrected chi connectivity index (χ2v) is 5.61. The molecule has 0 bridgehead atoms. The molecule has 2 fully saturated rings. The van der Waals surface area contributed by atoms with E-state index < -0.39 is 0 Å². The summed E-state index contributed by atoms with van der Waals surface area (Å²) in [7, 11) is 0. The summed E-state index contributed by atoms with van der Waals surface area (Å²) in [5.41, 5.74) is 1.43. The van der Waals surface area contributed by atoms with Gasteiger partial charge >= 0.3 is 0 Å². The Balaban J connectivity index is 1.74. The van der Waals surface area contributed by atoms with Gasteiger partial charge in [0.1, 0.15) is 0 Å². The first-order valence-electron chi connectivity index (χ1n) is 5.76. The van der Waals surface area contributed by atoms with Gasteiger partial charge in [-0.25, -0.2) is 0 Å². The summed E-state index contributed by atoms with van der Waals surface area (Å²) < 4.78 is 2.19. The molecular weight excluding hydrogens is 206 g/mol. The highest BCUT2D eigenvalue weighted by molar-refractivity contribution is 7.99. The van der Waals surface area contributed by atoms with Gasteiger partial charge in [-0.15, -0.1) is 0 Å². The molecule has 2 aliphatic heterocycles. The average Bonchev–Trinajstić information content (AvgIpc) is 3.02. The summed E-state index contributed by atoms with van der Waals surface area (Å²) in [5.74, 6) is 3.24. The molecule has 2 saturated heterocycles. The molecule has 15 heavy (non-hydrogen) atoms. The van der Waals surface area contributed by atoms with Gasteiger partial charge in [-0.05, 0) is 30.7 Å². The van der Waals surface area contributed by atoms with E-state index in [1.54, 1.807) is 0 Å². The van der Waals surface area contributed by atoms with Crippen LogP contribution < -0.4 is 5.32 Å². The van der Waals surface area contributed by atoms with Crippen molar-refractivity contribution in [3.05, 3.63) is 18.0 Å². The fraction of sp³-hybridized carbons (Fsp3) is 0.727. The maximum absolute atomic E-state index is 4.52. The molecule has 0 saturated carbocycles. The van der Waals surface area contributed by atoms with Gasteiger partial charge in [0.15, 0.2) is 0 Å². The van der Waals surface area contributed by atoms with Crippen LogP contribution in [0.15, 0.2) is 12.4 Å². The third kappa shape index (κ3) is 1.93. The third-order valence-corrected chi connectivity index (χ3v) is 4.58. The van der Waals surface area contributed by atoms with Crippen molar-refractivity contribution in [1.82, 2.24) is 15.1 Å². The Kier molecular flexibility index (Phi) is 2.71. The Bertz CT molecular complexity index is 294. The van der Waals surface area contributed by atoms with Crippen LogP contribution in [-0.2, 0) is 0 Å². The molecule has 0 radical (unpaired) electrons. The van der Waals surface area contributed by atoms with Gasteiger partial charge in [0.2, 0.25) is 0 Å². The molecule has 3 nitrogen and oxygen atoms in total. The van der Waals surface area contributed by atoms with Crippen molar-refractivity contribution in [2.75, 3.05) is 24.6 Å². The Morgan fingerprint density at radius 3 is 3.20 bits per heavy atom. The number of nitrogens with zero attached hydrogens (tertiary/aromatic N) is 2. The first-order chi connectivity index (χ1) is 7.43. The minimum Gasteiger partial charge on any atom is -0.316 e. The lowest BCUT2D eigenvalue weighted by Gasteiger charge is -2.08. The minimum absolute atomic E-state index is 0.651. The lowest BCUT2D eigenvalue weighted by molar-refractivity contribution is 0.501. The van der Waals surface area contributed by atoms with Crippen LogP contribution in [0.5, 0.6) is 0 Å². The van der Waals surface area contributed by atoms with Crippen LogP contribution in [0.4, 0.5) is 0 Å². The SMILES string of the molecule is c1nn(C2CCSC2)cc1C1CCNC1. The molecule has 1 aromatic heterocycles. The van der Waals surface area contributed by atoms with E-state index in [0.29, 0.717) is 12.0 Å². The zero-order valence-electron chi connectivity index (χ0n) is 8.85. The highest BCUT2D eigenvalue weighted by Gasteiger charge is 2.21. The molecule has 0 spiro atoms. The van der Waals surface area contributed by atoms with E-state index in [4.69, 9.17) is 0 Å². The van der Waals surface area contributed by atoms with Crippen LogP contribution in [0, 0.1) is 0 Å². The summed E-state index contributed by atoms with van der Waals surface area (Å²) >= 11 is 2.05. The predicted molar refractivity (Wildman–Crippen MR) is 63.4 cm³/mol. The Morgan fingerprint density at radius 1 is 1.47 bits per heavy atom. The highest BCUT2D eigenvalue weighted by Crippen LogP contribution is 2.29. The molecular formula is C11H17N3S. The maximum Gasteiger partial charge on any atom is 0.0617 e. The van der Waals surface area contributed by atoms with Crippen molar-refractivity contribution in [2.24, 2.45) is 0 Å². The molecule has 3 rings (SSSR count). The van der Waals surface area contributed by atoms with Gasteiger partial charge in [-0.1, -0.05) is 0 Å². The van der Waals surface area contributed by atoms with E-state index >= 15 is 0 Å². The molecule has 0 aliphatic carbocycles. The zero-order chi connectivity index (χ0) is 10.1. The van der Waals surface area contributed by atoms with Crippen molar-refractivity contribution in [3.63, 3.8) is 0 Å². The van der Waals surface area contributed by atoms with Crippen LogP contribution in [-0.4, -0.2) is 34.4 Å². The summed E-state index contributed by atoms with van der Waals surface area (Å²) in [6, 6.07) is 0.651. The first kappa shape index (κ1) is 9.73. The van der Waals surface area contributed by atoms with E-state index in [-0.39, 0.29) is 0 Å². The number of hydrogen-bond acceptors (Lipinski definition) is 3. The highest BCUT2D eigenvalue weighted by atomic mass is 32.2. The van der Waals surface area contributed by atoms with Crippen molar-refractivity contribution in [2.45, 2.75) is 24.8 Å². The van der Waals surface area contributed by atoms with Gasteiger partial charge in [0, 0.05) is 24.4 Å². The predicted octanol–water partition coefficient (Wildman–Crippen LogP) is 1.64. The van der Waals surface area contributed by atoms with E-state index in [9.17, 15) is 0 Å². The lowest BCUT2D eigenvalue weighted by atomic mass is 10.0. The molecule has 3 heterocycles. The quantitative estimate of drug-likeness (QED) is 0.826. The van der Waals surface area contributed by atoms with Crippen LogP contribution in [0.1, 0.15) is 30.4 Å². The van der Waals surface area contributed by atoms with Crippen molar-refractivity contribution in [1.29, 1.82) is 0 Å². The second kappa shape index (κ2) is 4.18. The summed E-state index contributed by atoms with van der Waals surface area (Å²) in [6.45, 7) is 2.29. The Hall–Kier alpha value is -0.480. The van der Waals surface area contributed by atoms with E-state index in [0.717, 1.165) is 13.1 Å². The number of thioether (sulfide) groups is 1. The first-order valence-corrected chi connectivity index (χ1v) is 6.91. The van der Waals surface area contributed by atoms with Crippen molar-refractivity contribution < 1.29 is 0 Å². The van der Waals surface area contributed by atoms with Crippen LogP contribution >= 0.6 is 11.8 Å². The normalized spacial score (nSPS) is 31.2. The van der Waals surface area contributed by atoms with Crippen molar-refractivity contribution in [3.8, 4) is 0 Å². The standard InChI is InChI=1S/C11H17N3S/c1-3-12-5-9(1)10-6-13-14(7-10)11-2-4-15-8-11/h6-7,9,11-12H,1-5,8H2. The second-order valence-electron chi connectivity index (χ2n) is 4.46. The van der Waals surface area contributed by atoms with Crippen LogP contribution in [0.3, 0.4) is 0 Å². The Labute approximate surface area is 94.6 Å². The van der Waals surface area contributed by atoms with Gasteiger partial charge in [-0.3, -0.25) is 4.68 Å². The van der Waals surface area contributed by atoms with Crippen molar-refractivity contribution >= 4 is 11.8 Å². The fourth-order valence-electron chi connectivity index (χ4n) is 2.43. The molecule has 1 N–H and O–H groups in total. The smallest absolute Gasteiger partial charge is 0.0617 e. The maximum atomic E-state index is 4.52. The number of rotatable bonds is 2. The van der Waals surface area contributed by atoms with E-state index in [1.165, 1.54) is 29.9 Å². The largest absolute Gasteiger partial charge is 0.316 e. The van der Waals surface area contributed by atoms with Gasteiger partial charge in [-0.2, -0.15) is 16.9 Å². The number of nitrogens with one attached hydrogen (secondary N) is 1. The molecule has 2 aliphatic rings. The molecule has 0 aromatic carbocycles.